The van der Waals surface area contributed by atoms with E-state index < -0.39 is 17.4 Å². The maximum Gasteiger partial charge on any atom is 0.308 e. The van der Waals surface area contributed by atoms with Crippen molar-refractivity contribution < 1.29 is 33.3 Å². The van der Waals surface area contributed by atoms with Crippen LogP contribution in [0.2, 0.25) is 0 Å². The molecule has 200 valence electrons. The third kappa shape index (κ3) is 6.32. The quantitative estimate of drug-likeness (QED) is 0.212. The molecule has 2 aromatic carbocycles. The topological polar surface area (TPSA) is 112 Å². The fourth-order valence-corrected chi connectivity index (χ4v) is 3.85. The van der Waals surface area contributed by atoms with E-state index in [1.54, 1.807) is 18.2 Å². The second-order valence-electron chi connectivity index (χ2n) is 9.39. The molecule has 0 aliphatic carbocycles. The normalized spacial score (nSPS) is 11.2. The van der Waals surface area contributed by atoms with E-state index in [0.717, 1.165) is 5.57 Å². The lowest BCUT2D eigenvalue weighted by atomic mass is 9.98. The van der Waals surface area contributed by atoms with Gasteiger partial charge in [-0.25, -0.2) is 0 Å². The average Bonchev–Trinajstić information content (AvgIpc) is 2.81. The van der Waals surface area contributed by atoms with Gasteiger partial charge >= 0.3 is 11.9 Å². The fraction of sp³-hybridized carbons (Fsp3) is 0.300. The van der Waals surface area contributed by atoms with E-state index in [1.807, 2.05) is 39.8 Å². The number of carbonyl (C=O) groups is 2. The molecule has 0 amide bonds. The standard InChI is InChI=1S/C30H32O8/c1-16(2)8-11-21-24(35-7)15-26-27(28(21)33)29(34)23(12-9-17(3)4)30(38-26)22-13-10-20(36-18(5)31)14-25(22)37-19(6)32/h8-11,13-16,33H,12H2,1-7H3/b11-8+. The van der Waals surface area contributed by atoms with Crippen LogP contribution in [0, 0.1) is 5.92 Å². The number of phenols is 1. The largest absolute Gasteiger partial charge is 0.506 e. The summed E-state index contributed by atoms with van der Waals surface area (Å²) in [7, 11) is 1.46. The third-order valence-electron chi connectivity index (χ3n) is 5.55. The number of hydrogen-bond donors (Lipinski definition) is 1. The molecule has 38 heavy (non-hydrogen) atoms. The van der Waals surface area contributed by atoms with Gasteiger partial charge in [-0.2, -0.15) is 0 Å². The molecular weight excluding hydrogens is 488 g/mol. The number of methoxy groups -OCH3 is 1. The van der Waals surface area contributed by atoms with Crippen molar-refractivity contribution in [2.75, 3.05) is 7.11 Å². The molecule has 0 spiro atoms. The van der Waals surface area contributed by atoms with Crippen LogP contribution in [0.1, 0.15) is 52.7 Å². The molecule has 8 nitrogen and oxygen atoms in total. The lowest BCUT2D eigenvalue weighted by Gasteiger charge is -2.16. The molecule has 0 unspecified atom stereocenters. The number of carbonyl (C=O) groups excluding carboxylic acids is 2. The summed E-state index contributed by atoms with van der Waals surface area (Å²) in [5.74, 6) is -0.519. The Kier molecular flexibility index (Phi) is 8.78. The van der Waals surface area contributed by atoms with Crippen molar-refractivity contribution in [2.45, 2.75) is 48.0 Å². The van der Waals surface area contributed by atoms with E-state index in [9.17, 15) is 19.5 Å². The Morgan fingerprint density at radius 2 is 1.71 bits per heavy atom. The first kappa shape index (κ1) is 28.2. The zero-order valence-electron chi connectivity index (χ0n) is 22.6. The Labute approximate surface area is 221 Å². The number of rotatable bonds is 8. The number of hydrogen-bond acceptors (Lipinski definition) is 8. The lowest BCUT2D eigenvalue weighted by molar-refractivity contribution is -0.132. The minimum Gasteiger partial charge on any atom is -0.506 e. The number of aromatic hydroxyl groups is 1. The Morgan fingerprint density at radius 1 is 1.03 bits per heavy atom. The molecule has 0 atom stereocenters. The number of fused-ring (bicyclic) bond motifs is 1. The number of phenolic OH excluding ortho intramolecular Hbond substituents is 1. The molecule has 1 aromatic heterocycles. The van der Waals surface area contributed by atoms with Gasteiger partial charge in [0.15, 0.2) is 0 Å². The molecule has 3 aromatic rings. The maximum absolute atomic E-state index is 13.9. The highest BCUT2D eigenvalue weighted by Gasteiger charge is 2.24. The van der Waals surface area contributed by atoms with Crippen molar-refractivity contribution in [3.05, 3.63) is 63.3 Å². The summed E-state index contributed by atoms with van der Waals surface area (Å²) >= 11 is 0. The highest BCUT2D eigenvalue weighted by molar-refractivity contribution is 5.92. The van der Waals surface area contributed by atoms with E-state index in [2.05, 4.69) is 0 Å². The van der Waals surface area contributed by atoms with Crippen molar-refractivity contribution in [1.82, 2.24) is 0 Å². The Bertz CT molecular complexity index is 1500. The number of benzene rings is 2. The van der Waals surface area contributed by atoms with E-state index in [-0.39, 0.29) is 51.9 Å². The molecule has 0 bridgehead atoms. The smallest absolute Gasteiger partial charge is 0.308 e. The first-order valence-corrected chi connectivity index (χ1v) is 12.1. The molecule has 1 heterocycles. The van der Waals surface area contributed by atoms with Crippen LogP contribution < -0.4 is 19.6 Å². The zero-order chi connectivity index (χ0) is 28.1. The number of allylic oxidation sites excluding steroid dienone is 3. The molecule has 0 saturated carbocycles. The van der Waals surface area contributed by atoms with Crippen LogP contribution in [0.4, 0.5) is 0 Å². The maximum atomic E-state index is 13.9. The van der Waals surface area contributed by atoms with E-state index in [0.29, 0.717) is 16.9 Å². The molecular formula is C30H32O8. The summed E-state index contributed by atoms with van der Waals surface area (Å²) in [5.41, 5.74) is 1.56. The van der Waals surface area contributed by atoms with Gasteiger partial charge in [0.25, 0.3) is 0 Å². The third-order valence-corrected chi connectivity index (χ3v) is 5.55. The zero-order valence-corrected chi connectivity index (χ0v) is 22.6. The average molecular weight is 521 g/mol. The van der Waals surface area contributed by atoms with Crippen molar-refractivity contribution in [3.63, 3.8) is 0 Å². The van der Waals surface area contributed by atoms with Gasteiger partial charge in [-0.05, 0) is 38.3 Å². The molecule has 8 heteroatoms. The summed E-state index contributed by atoms with van der Waals surface area (Å²) in [6.45, 7) is 10.3. The summed E-state index contributed by atoms with van der Waals surface area (Å²) in [5, 5.41) is 11.2. The number of ether oxygens (including phenoxy) is 3. The fourth-order valence-electron chi connectivity index (χ4n) is 3.85. The van der Waals surface area contributed by atoms with Gasteiger partial charge in [0.05, 0.1) is 18.2 Å². The monoisotopic (exact) mass is 520 g/mol. The molecule has 0 aliphatic rings. The minimum atomic E-state index is -0.610. The summed E-state index contributed by atoms with van der Waals surface area (Å²) < 4.78 is 22.3. The van der Waals surface area contributed by atoms with E-state index in [4.69, 9.17) is 18.6 Å². The van der Waals surface area contributed by atoms with E-state index in [1.165, 1.54) is 33.1 Å². The van der Waals surface area contributed by atoms with Crippen LogP contribution in [-0.2, 0) is 16.0 Å². The van der Waals surface area contributed by atoms with Crippen molar-refractivity contribution in [2.24, 2.45) is 5.92 Å². The van der Waals surface area contributed by atoms with Crippen LogP contribution in [0.3, 0.4) is 0 Å². The van der Waals surface area contributed by atoms with Crippen LogP contribution >= 0.6 is 0 Å². The number of esters is 2. The predicted octanol–water partition coefficient (Wildman–Crippen LogP) is 6.20. The van der Waals surface area contributed by atoms with Gasteiger partial charge in [-0.15, -0.1) is 0 Å². The van der Waals surface area contributed by atoms with Gasteiger partial charge in [0.2, 0.25) is 5.43 Å². The van der Waals surface area contributed by atoms with Crippen LogP contribution in [0.25, 0.3) is 28.4 Å². The molecule has 0 fully saturated rings. The van der Waals surface area contributed by atoms with Crippen LogP contribution in [0.15, 0.2) is 51.2 Å². The SMILES string of the molecule is COc1cc2oc(-c3ccc(OC(C)=O)cc3OC(C)=O)c(CC=C(C)C)c(=O)c2c(O)c1/C=C/C(C)C. The van der Waals surface area contributed by atoms with Crippen molar-refractivity contribution in [1.29, 1.82) is 0 Å². The van der Waals surface area contributed by atoms with Gasteiger partial charge in [-0.3, -0.25) is 14.4 Å². The van der Waals surface area contributed by atoms with Crippen molar-refractivity contribution in [3.8, 4) is 34.3 Å². The molecule has 0 radical (unpaired) electrons. The first-order valence-electron chi connectivity index (χ1n) is 12.1. The first-order chi connectivity index (χ1) is 17.9. The molecule has 1 N–H and O–H groups in total. The summed E-state index contributed by atoms with van der Waals surface area (Å²) in [4.78, 5) is 37.3. The molecule has 3 rings (SSSR count). The second kappa shape index (κ2) is 11.8. The van der Waals surface area contributed by atoms with E-state index >= 15 is 0 Å². The summed E-state index contributed by atoms with van der Waals surface area (Å²) in [6, 6.07) is 5.98. The Hall–Kier alpha value is -4.33. The minimum absolute atomic E-state index is 0.0145. The predicted molar refractivity (Wildman–Crippen MR) is 146 cm³/mol. The van der Waals surface area contributed by atoms with Gasteiger partial charge in [0.1, 0.15) is 39.7 Å². The molecule has 0 aliphatic heterocycles. The Balaban J connectivity index is 2.42. The second-order valence-corrected chi connectivity index (χ2v) is 9.39. The van der Waals surface area contributed by atoms with Crippen LogP contribution in [0.5, 0.6) is 23.0 Å². The van der Waals surface area contributed by atoms with Gasteiger partial charge in [0, 0.05) is 31.5 Å². The highest BCUT2D eigenvalue weighted by atomic mass is 16.5. The highest BCUT2D eigenvalue weighted by Crippen LogP contribution is 2.41. The van der Waals surface area contributed by atoms with Crippen molar-refractivity contribution >= 4 is 29.0 Å². The molecule has 0 saturated heterocycles. The Morgan fingerprint density at radius 3 is 2.29 bits per heavy atom. The van der Waals surface area contributed by atoms with Gasteiger partial charge < -0.3 is 23.7 Å². The lowest BCUT2D eigenvalue weighted by Crippen LogP contribution is -2.13. The van der Waals surface area contributed by atoms with Gasteiger partial charge in [-0.1, -0.05) is 37.6 Å². The summed E-state index contributed by atoms with van der Waals surface area (Å²) in [6.07, 6.45) is 5.66. The van der Waals surface area contributed by atoms with Crippen LogP contribution in [-0.4, -0.2) is 24.2 Å².